The van der Waals surface area contributed by atoms with E-state index < -0.39 is 15.8 Å². The molecule has 1 heterocycles. The maximum Gasteiger partial charge on any atom is 0.339 e. The van der Waals surface area contributed by atoms with Gasteiger partial charge in [0.1, 0.15) is 6.54 Å². The van der Waals surface area contributed by atoms with Crippen LogP contribution in [0.15, 0.2) is 35.2 Å². The highest BCUT2D eigenvalue weighted by molar-refractivity contribution is 7.92. The lowest BCUT2D eigenvalue weighted by Gasteiger charge is -2.13. The summed E-state index contributed by atoms with van der Waals surface area (Å²) in [7, 11) is -3.39. The molecule has 30 heavy (non-hydrogen) atoms. The van der Waals surface area contributed by atoms with Crippen molar-refractivity contribution in [2.45, 2.75) is 63.1 Å². The summed E-state index contributed by atoms with van der Waals surface area (Å²) in [4.78, 5) is 24.9. The number of aryl methyl sites for hydroxylation is 1. The van der Waals surface area contributed by atoms with Crippen molar-refractivity contribution >= 4 is 27.4 Å². The first kappa shape index (κ1) is 22.1. The fourth-order valence-corrected chi connectivity index (χ4v) is 5.84. The van der Waals surface area contributed by atoms with E-state index in [1.807, 2.05) is 6.92 Å². The summed E-state index contributed by atoms with van der Waals surface area (Å²) >= 11 is 0. The minimum Gasteiger partial charge on any atom is -0.462 e. The molecular formula is C22H28N2O5S. The maximum absolute atomic E-state index is 12.8. The topological polar surface area (TPSA) is 94.5 Å². The minimum atomic E-state index is -3.39. The van der Waals surface area contributed by atoms with Crippen molar-refractivity contribution in [3.63, 3.8) is 0 Å². The number of carbonyl (C=O) groups excluding carboxylic acids is 2. The second kappa shape index (κ2) is 9.04. The van der Waals surface area contributed by atoms with Gasteiger partial charge in [-0.2, -0.15) is 0 Å². The van der Waals surface area contributed by atoms with E-state index in [2.05, 4.69) is 5.32 Å². The Kier molecular flexibility index (Phi) is 6.65. The number of ether oxygens (including phenoxy) is 1. The van der Waals surface area contributed by atoms with Crippen LogP contribution in [0.5, 0.6) is 0 Å². The molecular weight excluding hydrogens is 404 g/mol. The number of nitrogens with one attached hydrogen (secondary N) is 1. The van der Waals surface area contributed by atoms with Crippen LogP contribution in [-0.2, 0) is 25.9 Å². The summed E-state index contributed by atoms with van der Waals surface area (Å²) in [6, 6.07) is 8.11. The van der Waals surface area contributed by atoms with E-state index in [0.717, 1.165) is 18.5 Å². The molecule has 1 saturated carbocycles. The second-order valence-corrected chi connectivity index (χ2v) is 9.85. The average Bonchev–Trinajstić information content (AvgIpc) is 3.33. The third-order valence-electron chi connectivity index (χ3n) is 5.56. The van der Waals surface area contributed by atoms with E-state index in [0.29, 0.717) is 29.8 Å². The van der Waals surface area contributed by atoms with Crippen molar-refractivity contribution in [2.24, 2.45) is 0 Å². The van der Waals surface area contributed by atoms with Gasteiger partial charge in [-0.15, -0.1) is 0 Å². The molecule has 0 bridgehead atoms. The lowest BCUT2D eigenvalue weighted by molar-refractivity contribution is -0.116. The third-order valence-corrected chi connectivity index (χ3v) is 7.82. The van der Waals surface area contributed by atoms with Crippen molar-refractivity contribution in [1.29, 1.82) is 0 Å². The molecule has 1 aliphatic rings. The third kappa shape index (κ3) is 4.59. The van der Waals surface area contributed by atoms with E-state index in [1.54, 1.807) is 42.7 Å². The highest BCUT2D eigenvalue weighted by Crippen LogP contribution is 2.30. The summed E-state index contributed by atoms with van der Waals surface area (Å²) in [5, 5.41) is 2.43. The average molecular weight is 433 g/mol. The van der Waals surface area contributed by atoms with Crippen LogP contribution in [0.1, 0.15) is 54.4 Å². The van der Waals surface area contributed by atoms with Crippen molar-refractivity contribution in [3.05, 3.63) is 47.3 Å². The molecule has 1 aromatic heterocycles. The van der Waals surface area contributed by atoms with Gasteiger partial charge in [-0.1, -0.05) is 18.9 Å². The Morgan fingerprint density at radius 1 is 1.17 bits per heavy atom. The summed E-state index contributed by atoms with van der Waals surface area (Å²) in [6.07, 6.45) is 3.25. The maximum atomic E-state index is 12.8. The molecule has 1 fully saturated rings. The molecule has 1 amide bonds. The molecule has 162 valence electrons. The van der Waals surface area contributed by atoms with E-state index in [4.69, 9.17) is 4.74 Å². The summed E-state index contributed by atoms with van der Waals surface area (Å²) in [5.74, 6) is -0.718. The Labute approximate surface area is 177 Å². The molecule has 1 N–H and O–H groups in total. The number of benzene rings is 1. The zero-order chi connectivity index (χ0) is 21.9. The molecule has 0 aliphatic heterocycles. The van der Waals surface area contributed by atoms with Gasteiger partial charge in [-0.3, -0.25) is 4.79 Å². The normalized spacial score (nSPS) is 14.6. The number of nitrogens with zero attached hydrogens (tertiary/aromatic N) is 1. The van der Waals surface area contributed by atoms with Gasteiger partial charge in [0.25, 0.3) is 0 Å². The molecule has 0 unspecified atom stereocenters. The van der Waals surface area contributed by atoms with Crippen LogP contribution < -0.4 is 5.32 Å². The summed E-state index contributed by atoms with van der Waals surface area (Å²) in [5.41, 5.74) is 2.29. The van der Waals surface area contributed by atoms with Crippen LogP contribution in [0.2, 0.25) is 0 Å². The predicted molar refractivity (Wildman–Crippen MR) is 114 cm³/mol. The Bertz CT molecular complexity index is 1050. The molecule has 3 rings (SSSR count). The number of carbonyl (C=O) groups is 2. The van der Waals surface area contributed by atoms with Gasteiger partial charge in [0.15, 0.2) is 9.84 Å². The molecule has 1 aliphatic carbocycles. The smallest absolute Gasteiger partial charge is 0.339 e. The number of anilines is 1. The van der Waals surface area contributed by atoms with Gasteiger partial charge in [-0.05, 0) is 57.9 Å². The summed E-state index contributed by atoms with van der Waals surface area (Å²) in [6.45, 7) is 5.62. The Balaban J connectivity index is 1.74. The van der Waals surface area contributed by atoms with Crippen molar-refractivity contribution in [1.82, 2.24) is 4.57 Å². The number of esters is 1. The van der Waals surface area contributed by atoms with Gasteiger partial charge < -0.3 is 14.6 Å². The fourth-order valence-electron chi connectivity index (χ4n) is 3.95. The van der Waals surface area contributed by atoms with Gasteiger partial charge in [0.2, 0.25) is 5.91 Å². The van der Waals surface area contributed by atoms with Crippen molar-refractivity contribution in [2.75, 3.05) is 11.9 Å². The number of sulfone groups is 1. The van der Waals surface area contributed by atoms with Crippen molar-refractivity contribution in [3.8, 4) is 0 Å². The van der Waals surface area contributed by atoms with Gasteiger partial charge in [0.05, 0.1) is 22.3 Å². The molecule has 7 nitrogen and oxygen atoms in total. The highest BCUT2D eigenvalue weighted by Gasteiger charge is 2.30. The van der Waals surface area contributed by atoms with Gasteiger partial charge in [0, 0.05) is 17.1 Å². The SMILES string of the molecule is CCOC(=O)c1cc(C)n(CC(=O)Nc2cccc(S(=O)(=O)C3CCCC3)c2)c1C. The Morgan fingerprint density at radius 2 is 1.87 bits per heavy atom. The van der Waals surface area contributed by atoms with Crippen LogP contribution in [0.3, 0.4) is 0 Å². The van der Waals surface area contributed by atoms with Crippen LogP contribution in [0.25, 0.3) is 0 Å². The zero-order valence-corrected chi connectivity index (χ0v) is 18.4. The zero-order valence-electron chi connectivity index (χ0n) is 17.6. The number of hydrogen-bond donors (Lipinski definition) is 1. The number of amides is 1. The molecule has 0 atom stereocenters. The first-order chi connectivity index (χ1) is 14.2. The molecule has 0 saturated heterocycles. The largest absolute Gasteiger partial charge is 0.462 e. The highest BCUT2D eigenvalue weighted by atomic mass is 32.2. The summed E-state index contributed by atoms with van der Waals surface area (Å²) < 4.78 is 32.4. The fraction of sp³-hybridized carbons (Fsp3) is 0.455. The molecule has 0 spiro atoms. The van der Waals surface area contributed by atoms with Crippen LogP contribution >= 0.6 is 0 Å². The molecule has 1 aromatic carbocycles. The molecule has 2 aromatic rings. The van der Waals surface area contributed by atoms with Gasteiger partial charge >= 0.3 is 5.97 Å². The van der Waals surface area contributed by atoms with Gasteiger partial charge in [-0.25, -0.2) is 13.2 Å². The number of rotatable bonds is 7. The second-order valence-electron chi connectivity index (χ2n) is 7.62. The first-order valence-corrected chi connectivity index (χ1v) is 11.8. The van der Waals surface area contributed by atoms with Crippen molar-refractivity contribution < 1.29 is 22.7 Å². The van der Waals surface area contributed by atoms with E-state index in [1.165, 1.54) is 6.07 Å². The quantitative estimate of drug-likeness (QED) is 0.674. The molecule has 8 heteroatoms. The minimum absolute atomic E-state index is 0.0106. The first-order valence-electron chi connectivity index (χ1n) is 10.2. The number of aromatic nitrogens is 1. The Morgan fingerprint density at radius 3 is 2.53 bits per heavy atom. The van der Waals surface area contributed by atoms with Crippen LogP contribution in [0.4, 0.5) is 5.69 Å². The van der Waals surface area contributed by atoms with Crippen LogP contribution in [-0.4, -0.2) is 36.7 Å². The lowest BCUT2D eigenvalue weighted by atomic mass is 10.2. The lowest BCUT2D eigenvalue weighted by Crippen LogP contribution is -2.21. The standard InChI is InChI=1S/C22H28N2O5S/c1-4-29-22(26)20-12-15(2)24(16(20)3)14-21(25)23-17-8-7-11-19(13-17)30(27,28)18-9-5-6-10-18/h7-8,11-13,18H,4-6,9-10,14H2,1-3H3,(H,23,25). The van der Waals surface area contributed by atoms with E-state index in [-0.39, 0.29) is 29.2 Å². The Hall–Kier alpha value is -2.61. The van der Waals surface area contributed by atoms with E-state index >= 15 is 0 Å². The van der Waals surface area contributed by atoms with E-state index in [9.17, 15) is 18.0 Å². The predicted octanol–water partition coefficient (Wildman–Crippen LogP) is 3.64. The molecule has 0 radical (unpaired) electrons. The van der Waals surface area contributed by atoms with Crippen LogP contribution in [0, 0.1) is 13.8 Å². The number of hydrogen-bond acceptors (Lipinski definition) is 5. The monoisotopic (exact) mass is 432 g/mol.